The van der Waals surface area contributed by atoms with Crippen molar-refractivity contribution in [2.45, 2.75) is 116 Å². The van der Waals surface area contributed by atoms with Gasteiger partial charge in [0, 0.05) is 63.7 Å². The lowest BCUT2D eigenvalue weighted by Crippen LogP contribution is -2.84. The van der Waals surface area contributed by atoms with Gasteiger partial charge in [-0.3, -0.25) is 9.62 Å². The summed E-state index contributed by atoms with van der Waals surface area (Å²) in [6.45, 7) is 2.16. The molecule has 6 aliphatic rings. The summed E-state index contributed by atoms with van der Waals surface area (Å²) < 4.78 is 60.3. The van der Waals surface area contributed by atoms with Crippen LogP contribution in [-0.4, -0.2) is 111 Å². The summed E-state index contributed by atoms with van der Waals surface area (Å²) in [5, 5.41) is 26.1. The number of aliphatic hydroxyl groups is 2. The average Bonchev–Trinajstić information content (AvgIpc) is 3.59. The van der Waals surface area contributed by atoms with Crippen LogP contribution < -0.4 is 9.46 Å². The largest absolute Gasteiger partial charge is 0.497 e. The van der Waals surface area contributed by atoms with Gasteiger partial charge in [0.05, 0.1) is 47.1 Å². The maximum Gasteiger partial charge on any atom is 0.340 e. The molecule has 3 aliphatic carbocycles. The lowest BCUT2D eigenvalue weighted by Gasteiger charge is -2.67. The number of methoxy groups -OCH3 is 4. The van der Waals surface area contributed by atoms with Crippen molar-refractivity contribution in [3.05, 3.63) is 54.1 Å². The number of anilines is 1. The molecule has 6 fully saturated rings. The minimum Gasteiger partial charge on any atom is -0.497 e. The smallest absolute Gasteiger partial charge is 0.340 e. The zero-order chi connectivity index (χ0) is 36.1. The van der Waals surface area contributed by atoms with Gasteiger partial charge in [-0.15, -0.1) is 0 Å². The fraction of sp³-hybridized carbons (Fsp3) is 0.658. The number of nitrogens with one attached hydrogen (secondary N) is 1. The number of esters is 1. The third-order valence-electron chi connectivity index (χ3n) is 14.1. The normalized spacial score (nSPS) is 43.3. The molecule has 6 unspecified atom stereocenters. The molecule has 278 valence electrons. The molecule has 0 amide bonds. The van der Waals surface area contributed by atoms with Gasteiger partial charge in [-0.05, 0) is 69.2 Å². The van der Waals surface area contributed by atoms with Gasteiger partial charge in [0.1, 0.15) is 22.6 Å². The Morgan fingerprint density at radius 3 is 2.43 bits per heavy atom. The predicted octanol–water partition coefficient (Wildman–Crippen LogP) is 3.75. The van der Waals surface area contributed by atoms with Crippen LogP contribution in [0, 0.1) is 17.8 Å². The maximum atomic E-state index is 14.5. The summed E-state index contributed by atoms with van der Waals surface area (Å²) in [6, 6.07) is 12.2. The molecule has 8 rings (SSSR count). The van der Waals surface area contributed by atoms with E-state index in [1.165, 1.54) is 19.2 Å². The predicted molar refractivity (Wildman–Crippen MR) is 186 cm³/mol. The van der Waals surface area contributed by atoms with Crippen molar-refractivity contribution in [2.24, 2.45) is 17.8 Å². The van der Waals surface area contributed by atoms with Crippen LogP contribution in [0.1, 0.15) is 68.6 Å². The van der Waals surface area contributed by atoms with Crippen LogP contribution in [0.2, 0.25) is 0 Å². The van der Waals surface area contributed by atoms with Crippen LogP contribution >= 0.6 is 0 Å². The highest BCUT2D eigenvalue weighted by Gasteiger charge is 2.87. The Hall–Kier alpha value is -2.78. The summed E-state index contributed by atoms with van der Waals surface area (Å²) in [5.74, 6) is -1.07. The molecule has 13 atom stereocenters. The molecular formula is C38H50N2O10S. The van der Waals surface area contributed by atoms with Crippen molar-refractivity contribution in [1.29, 1.82) is 0 Å². The average molecular weight is 727 g/mol. The van der Waals surface area contributed by atoms with E-state index in [1.807, 2.05) is 0 Å². The van der Waals surface area contributed by atoms with Crippen molar-refractivity contribution in [3.8, 4) is 5.75 Å². The molecule has 0 aromatic heterocycles. The zero-order valence-electron chi connectivity index (χ0n) is 29.9. The van der Waals surface area contributed by atoms with Crippen molar-refractivity contribution < 1.29 is 47.1 Å². The first-order valence-electron chi connectivity index (χ1n) is 18.2. The van der Waals surface area contributed by atoms with E-state index >= 15 is 0 Å². The van der Waals surface area contributed by atoms with Crippen LogP contribution in [0.4, 0.5) is 5.69 Å². The molecule has 3 aliphatic heterocycles. The SMILES string of the molecule is CCC1CC[C@]2(OC(=O)c3ccccc3NS(=O)(=O)c3cccc(OC)c3)CC[C@H](OC)C34C5C[C@@H]6[C@@H](OC)C[C@](O)([C@@H](CC32)N14)C5(O)[C@H]6OC. The van der Waals surface area contributed by atoms with Gasteiger partial charge in [-0.25, -0.2) is 13.2 Å². The molecular weight excluding hydrogens is 676 g/mol. The number of para-hydroxylation sites is 1. The number of ether oxygens (including phenoxy) is 5. The number of carbonyl (C=O) groups excluding carboxylic acids is 1. The molecule has 0 radical (unpaired) electrons. The first-order chi connectivity index (χ1) is 24.4. The lowest BCUT2D eigenvalue weighted by atomic mass is 9.53. The molecule has 2 aromatic rings. The number of hydrogen-bond acceptors (Lipinski definition) is 11. The Balaban J connectivity index is 1.21. The Kier molecular flexibility index (Phi) is 8.38. The molecule has 12 nitrogen and oxygen atoms in total. The van der Waals surface area contributed by atoms with E-state index in [0.717, 1.165) is 12.8 Å². The van der Waals surface area contributed by atoms with Gasteiger partial charge in [0.2, 0.25) is 0 Å². The summed E-state index contributed by atoms with van der Waals surface area (Å²) in [7, 11) is 2.38. The first-order valence-corrected chi connectivity index (χ1v) is 19.7. The second-order valence-corrected chi connectivity index (χ2v) is 17.3. The van der Waals surface area contributed by atoms with Crippen LogP contribution in [-0.2, 0) is 29.0 Å². The molecule has 7 bridgehead atoms. The molecule has 3 heterocycles. The Morgan fingerprint density at radius 1 is 0.961 bits per heavy atom. The van der Waals surface area contributed by atoms with Gasteiger partial charge in [-0.2, -0.15) is 0 Å². The third-order valence-corrected chi connectivity index (χ3v) is 15.4. The Labute approximate surface area is 299 Å². The zero-order valence-corrected chi connectivity index (χ0v) is 30.7. The lowest BCUT2D eigenvalue weighted by molar-refractivity contribution is -0.324. The fourth-order valence-electron chi connectivity index (χ4n) is 12.3. The number of fused-ring (bicyclic) bond motifs is 2. The van der Waals surface area contributed by atoms with Crippen LogP contribution in [0.5, 0.6) is 5.75 Å². The number of benzene rings is 2. The second-order valence-electron chi connectivity index (χ2n) is 15.6. The minimum absolute atomic E-state index is 0.00232. The van der Waals surface area contributed by atoms with Crippen LogP contribution in [0.15, 0.2) is 53.4 Å². The van der Waals surface area contributed by atoms with Crippen molar-refractivity contribution in [3.63, 3.8) is 0 Å². The highest BCUT2D eigenvalue weighted by Crippen LogP contribution is 2.74. The van der Waals surface area contributed by atoms with E-state index in [1.54, 1.807) is 57.7 Å². The number of piperidine rings is 1. The van der Waals surface area contributed by atoms with Gasteiger partial charge in [-0.1, -0.05) is 25.1 Å². The molecule has 3 N–H and O–H groups in total. The fourth-order valence-corrected chi connectivity index (χ4v) is 13.4. The van der Waals surface area contributed by atoms with E-state index < -0.39 is 56.4 Å². The van der Waals surface area contributed by atoms with Crippen molar-refractivity contribution in [1.82, 2.24) is 4.90 Å². The number of carbonyl (C=O) groups is 1. The number of nitrogens with zero attached hydrogens (tertiary/aromatic N) is 1. The van der Waals surface area contributed by atoms with E-state index in [4.69, 9.17) is 23.7 Å². The second kappa shape index (κ2) is 12.1. The Bertz CT molecular complexity index is 1810. The van der Waals surface area contributed by atoms with E-state index in [0.29, 0.717) is 37.9 Å². The number of rotatable bonds is 10. The molecule has 2 aromatic carbocycles. The highest BCUT2D eigenvalue weighted by molar-refractivity contribution is 7.92. The van der Waals surface area contributed by atoms with Crippen LogP contribution in [0.25, 0.3) is 0 Å². The molecule has 3 saturated carbocycles. The highest BCUT2D eigenvalue weighted by atomic mass is 32.2. The standard InChI is InChI=1S/C38H50N2O10S/c1-6-22-14-16-35(50-34(41)25-12-7-8-13-27(25)39-51(44,45)24-11-9-10-23(18-24)46-2)17-15-32(48-4)37-29(35)20-31(40(22)37)36(42)21-28(47-3)26-19-30(37)38(36,43)33(26)49-5/h7-13,18,22,26,28-33,39,42-43H,6,14-17,19-21H2,1-5H3/t22?,26-,28+,29?,30?,31-,32+,33+,35+,36+,37?,38?/m1/s1. The van der Waals surface area contributed by atoms with Crippen molar-refractivity contribution >= 4 is 21.7 Å². The molecule has 1 spiro atoms. The third kappa shape index (κ3) is 4.52. The van der Waals surface area contributed by atoms with Gasteiger partial charge in [0.25, 0.3) is 10.0 Å². The summed E-state index contributed by atoms with van der Waals surface area (Å²) in [6.07, 6.45) is 3.43. The molecule has 13 heteroatoms. The minimum atomic E-state index is -4.08. The summed E-state index contributed by atoms with van der Waals surface area (Å²) in [5.41, 5.74) is -4.58. The quantitative estimate of drug-likeness (QED) is 0.307. The summed E-state index contributed by atoms with van der Waals surface area (Å²) in [4.78, 5) is 17.0. The number of sulfonamides is 1. The van der Waals surface area contributed by atoms with Gasteiger partial charge >= 0.3 is 5.97 Å². The molecule has 51 heavy (non-hydrogen) atoms. The van der Waals surface area contributed by atoms with E-state index in [2.05, 4.69) is 16.5 Å². The monoisotopic (exact) mass is 726 g/mol. The van der Waals surface area contributed by atoms with Gasteiger partial charge in [0.15, 0.2) is 0 Å². The van der Waals surface area contributed by atoms with Gasteiger partial charge < -0.3 is 33.9 Å². The van der Waals surface area contributed by atoms with Crippen LogP contribution in [0.3, 0.4) is 0 Å². The molecule has 3 saturated heterocycles. The van der Waals surface area contributed by atoms with E-state index in [-0.39, 0.29) is 52.7 Å². The first kappa shape index (κ1) is 35.3. The topological polar surface area (TPSA) is 153 Å². The Morgan fingerprint density at radius 2 is 1.73 bits per heavy atom. The summed E-state index contributed by atoms with van der Waals surface area (Å²) >= 11 is 0. The number of hydrogen-bond donors (Lipinski definition) is 3. The maximum absolute atomic E-state index is 14.5. The van der Waals surface area contributed by atoms with E-state index in [9.17, 15) is 23.4 Å². The van der Waals surface area contributed by atoms with Crippen molar-refractivity contribution in [2.75, 3.05) is 33.2 Å².